The molecular formula is C21H21FO3. The molecule has 1 atom stereocenters. The lowest BCUT2D eigenvalue weighted by atomic mass is 10.1. The van der Waals surface area contributed by atoms with Crippen molar-refractivity contribution in [2.45, 2.75) is 39.5 Å². The largest absolute Gasteiger partial charge is 0.460 e. The minimum atomic E-state index is -0.790. The summed E-state index contributed by atoms with van der Waals surface area (Å²) < 4.78 is 24.3. The minimum Gasteiger partial charge on any atom is -0.460 e. The molecule has 0 radical (unpaired) electrons. The van der Waals surface area contributed by atoms with Crippen LogP contribution in [0.15, 0.2) is 57.7 Å². The van der Waals surface area contributed by atoms with Gasteiger partial charge >= 0.3 is 0 Å². The molecule has 1 unspecified atom stereocenters. The van der Waals surface area contributed by atoms with Crippen LogP contribution in [0.1, 0.15) is 30.0 Å². The van der Waals surface area contributed by atoms with Crippen molar-refractivity contribution in [2.24, 2.45) is 0 Å². The second-order valence-corrected chi connectivity index (χ2v) is 6.26. The summed E-state index contributed by atoms with van der Waals surface area (Å²) in [5, 5.41) is 0.554. The monoisotopic (exact) mass is 340 g/mol. The normalized spacial score (nSPS) is 12.3. The Morgan fingerprint density at radius 2 is 1.76 bits per heavy atom. The van der Waals surface area contributed by atoms with E-state index >= 15 is 0 Å². The van der Waals surface area contributed by atoms with Gasteiger partial charge < -0.3 is 9.15 Å². The first-order valence-electron chi connectivity index (χ1n) is 8.41. The van der Waals surface area contributed by atoms with Crippen LogP contribution in [0.4, 0.5) is 4.39 Å². The van der Waals surface area contributed by atoms with Crippen molar-refractivity contribution in [1.29, 1.82) is 0 Å². The third-order valence-corrected chi connectivity index (χ3v) is 4.20. The van der Waals surface area contributed by atoms with Crippen molar-refractivity contribution >= 4 is 11.0 Å². The Labute approximate surface area is 146 Å². The lowest BCUT2D eigenvalue weighted by molar-refractivity contribution is 0.232. The van der Waals surface area contributed by atoms with Crippen molar-refractivity contribution < 1.29 is 13.5 Å². The van der Waals surface area contributed by atoms with E-state index in [-0.39, 0.29) is 11.4 Å². The standard InChI is InChI=1S/C21H21FO3/c1-14(22)7-8-16-9-11-17(12-10-16)13-24-21-15(2)20(23)18-5-3-4-6-19(18)25-21/h3-6,9-12,14H,7-8,13H2,1-2H3. The molecule has 1 heterocycles. The van der Waals surface area contributed by atoms with Gasteiger partial charge in [-0.1, -0.05) is 36.4 Å². The third kappa shape index (κ3) is 4.08. The summed E-state index contributed by atoms with van der Waals surface area (Å²) in [4.78, 5) is 12.4. The van der Waals surface area contributed by atoms with E-state index in [1.807, 2.05) is 36.4 Å². The minimum absolute atomic E-state index is 0.0764. The summed E-state index contributed by atoms with van der Waals surface area (Å²) in [6, 6.07) is 15.0. The van der Waals surface area contributed by atoms with Gasteiger partial charge in [-0.25, -0.2) is 4.39 Å². The van der Waals surface area contributed by atoms with E-state index in [0.717, 1.165) is 17.5 Å². The number of hydrogen-bond acceptors (Lipinski definition) is 3. The molecule has 0 fully saturated rings. The predicted molar refractivity (Wildman–Crippen MR) is 96.9 cm³/mol. The summed E-state index contributed by atoms with van der Waals surface area (Å²) in [6.07, 6.45) is 0.455. The molecule has 0 aliphatic rings. The van der Waals surface area contributed by atoms with Crippen LogP contribution in [0, 0.1) is 6.92 Å². The highest BCUT2D eigenvalue weighted by atomic mass is 19.1. The van der Waals surface area contributed by atoms with Gasteiger partial charge in [0.15, 0.2) is 5.43 Å². The van der Waals surface area contributed by atoms with Gasteiger partial charge in [-0.2, -0.15) is 0 Å². The molecule has 3 aromatic rings. The zero-order valence-corrected chi connectivity index (χ0v) is 14.4. The molecule has 0 saturated carbocycles. The molecule has 4 heteroatoms. The van der Waals surface area contributed by atoms with Crippen LogP contribution >= 0.6 is 0 Å². The summed E-state index contributed by atoms with van der Waals surface area (Å²) in [5.41, 5.74) is 2.97. The number of rotatable bonds is 6. The van der Waals surface area contributed by atoms with E-state index in [1.165, 1.54) is 0 Å². The number of hydrogen-bond donors (Lipinski definition) is 0. The number of alkyl halides is 1. The molecule has 0 aliphatic carbocycles. The molecule has 0 spiro atoms. The highest BCUT2D eigenvalue weighted by molar-refractivity contribution is 5.77. The first kappa shape index (κ1) is 17.2. The number of ether oxygens (including phenoxy) is 1. The van der Waals surface area contributed by atoms with Crippen LogP contribution < -0.4 is 10.2 Å². The SMILES string of the molecule is Cc1c(OCc2ccc(CCC(C)F)cc2)oc2ccccc2c1=O. The molecule has 0 saturated heterocycles. The van der Waals surface area contributed by atoms with Crippen LogP contribution in [0.25, 0.3) is 11.0 Å². The Morgan fingerprint density at radius 3 is 2.48 bits per heavy atom. The maximum atomic E-state index is 12.9. The fourth-order valence-electron chi connectivity index (χ4n) is 2.67. The van der Waals surface area contributed by atoms with E-state index in [2.05, 4.69) is 0 Å². The maximum Gasteiger partial charge on any atom is 0.292 e. The van der Waals surface area contributed by atoms with Crippen molar-refractivity contribution in [2.75, 3.05) is 0 Å². The van der Waals surface area contributed by atoms with E-state index in [1.54, 1.807) is 26.0 Å². The molecule has 1 aromatic heterocycles. The van der Waals surface area contributed by atoms with E-state index in [4.69, 9.17) is 9.15 Å². The van der Waals surface area contributed by atoms with Gasteiger partial charge in [0.1, 0.15) is 12.2 Å². The maximum absolute atomic E-state index is 12.9. The number of para-hydroxylation sites is 1. The fourth-order valence-corrected chi connectivity index (χ4v) is 2.67. The van der Waals surface area contributed by atoms with Crippen molar-refractivity contribution in [3.8, 4) is 5.95 Å². The summed E-state index contributed by atoms with van der Waals surface area (Å²) in [6.45, 7) is 3.58. The number of benzene rings is 2. The zero-order valence-electron chi connectivity index (χ0n) is 14.4. The Kier molecular flexibility index (Phi) is 5.17. The zero-order chi connectivity index (χ0) is 17.8. The van der Waals surface area contributed by atoms with Gasteiger partial charge in [0.2, 0.25) is 0 Å². The lowest BCUT2D eigenvalue weighted by Gasteiger charge is -2.09. The molecule has 2 aromatic carbocycles. The van der Waals surface area contributed by atoms with Gasteiger partial charge in [0, 0.05) is 0 Å². The molecule has 25 heavy (non-hydrogen) atoms. The van der Waals surface area contributed by atoms with Crippen molar-refractivity contribution in [3.05, 3.63) is 75.4 Å². The molecule has 3 rings (SSSR count). The van der Waals surface area contributed by atoms with E-state index < -0.39 is 6.17 Å². The van der Waals surface area contributed by atoms with Gasteiger partial charge in [-0.05, 0) is 49.9 Å². The Hall–Kier alpha value is -2.62. The smallest absolute Gasteiger partial charge is 0.292 e. The first-order valence-corrected chi connectivity index (χ1v) is 8.41. The topological polar surface area (TPSA) is 39.4 Å². The molecular weight excluding hydrogens is 319 g/mol. The Bertz CT molecular complexity index is 911. The van der Waals surface area contributed by atoms with Crippen molar-refractivity contribution in [3.63, 3.8) is 0 Å². The summed E-state index contributed by atoms with van der Waals surface area (Å²) >= 11 is 0. The number of halogens is 1. The summed E-state index contributed by atoms with van der Waals surface area (Å²) in [7, 11) is 0. The van der Waals surface area contributed by atoms with Crippen LogP contribution in [-0.4, -0.2) is 6.17 Å². The highest BCUT2D eigenvalue weighted by Crippen LogP contribution is 2.22. The van der Waals surface area contributed by atoms with Crippen LogP contribution in [-0.2, 0) is 13.0 Å². The van der Waals surface area contributed by atoms with Gasteiger partial charge in [0.25, 0.3) is 5.95 Å². The number of aryl methyl sites for hydroxylation is 1. The first-order chi connectivity index (χ1) is 12.0. The molecule has 0 amide bonds. The molecule has 0 N–H and O–H groups in total. The molecule has 0 bridgehead atoms. The van der Waals surface area contributed by atoms with Crippen LogP contribution in [0.3, 0.4) is 0 Å². The van der Waals surface area contributed by atoms with Crippen molar-refractivity contribution in [1.82, 2.24) is 0 Å². The van der Waals surface area contributed by atoms with E-state index in [9.17, 15) is 9.18 Å². The highest BCUT2D eigenvalue weighted by Gasteiger charge is 2.11. The van der Waals surface area contributed by atoms with Gasteiger partial charge in [-0.15, -0.1) is 0 Å². The Morgan fingerprint density at radius 1 is 1.08 bits per heavy atom. The van der Waals surface area contributed by atoms with Crippen LogP contribution in [0.5, 0.6) is 5.95 Å². The second kappa shape index (κ2) is 7.51. The van der Waals surface area contributed by atoms with Gasteiger partial charge in [0.05, 0.1) is 17.1 Å². The molecule has 0 aliphatic heterocycles. The summed E-state index contributed by atoms with van der Waals surface area (Å²) in [5.74, 6) is 0.249. The lowest BCUT2D eigenvalue weighted by Crippen LogP contribution is -2.08. The van der Waals surface area contributed by atoms with Crippen LogP contribution in [0.2, 0.25) is 0 Å². The Balaban J connectivity index is 1.72. The average molecular weight is 340 g/mol. The third-order valence-electron chi connectivity index (χ3n) is 4.20. The fraction of sp³-hybridized carbons (Fsp3) is 0.286. The quantitative estimate of drug-likeness (QED) is 0.636. The van der Waals surface area contributed by atoms with E-state index in [0.29, 0.717) is 29.6 Å². The average Bonchev–Trinajstić information content (AvgIpc) is 2.62. The molecule has 130 valence electrons. The van der Waals surface area contributed by atoms with Gasteiger partial charge in [-0.3, -0.25) is 4.79 Å². The molecule has 3 nitrogen and oxygen atoms in total. The predicted octanol–water partition coefficient (Wildman–Crippen LogP) is 4.97. The number of fused-ring (bicyclic) bond motifs is 1. The second-order valence-electron chi connectivity index (χ2n) is 6.26.